The molecule has 0 saturated carbocycles. The van der Waals surface area contributed by atoms with Gasteiger partial charge in [-0.1, -0.05) is 18.2 Å². The van der Waals surface area contributed by atoms with Crippen LogP contribution in [0.4, 0.5) is 10.5 Å². The first kappa shape index (κ1) is 14.5. The average Bonchev–Trinajstić information content (AvgIpc) is 2.47. The van der Waals surface area contributed by atoms with Gasteiger partial charge in [-0.3, -0.25) is 9.78 Å². The minimum Gasteiger partial charge on any atom is -0.480 e. The molecule has 6 heteroatoms. The number of carbonyl (C=O) groups excluding carboxylic acids is 1. The number of urea groups is 1. The van der Waals surface area contributed by atoms with Gasteiger partial charge in [0.2, 0.25) is 0 Å². The van der Waals surface area contributed by atoms with Gasteiger partial charge in [-0.2, -0.15) is 0 Å². The molecule has 1 heterocycles. The van der Waals surface area contributed by atoms with Gasteiger partial charge in [-0.15, -0.1) is 6.58 Å². The van der Waals surface area contributed by atoms with Crippen molar-refractivity contribution in [3.05, 3.63) is 49.3 Å². The van der Waals surface area contributed by atoms with Crippen LogP contribution in [0.25, 0.3) is 10.8 Å². The Morgan fingerprint density at radius 3 is 2.90 bits per heavy atom. The van der Waals surface area contributed by atoms with Crippen molar-refractivity contribution in [1.82, 2.24) is 9.88 Å². The van der Waals surface area contributed by atoms with Crippen molar-refractivity contribution >= 4 is 28.5 Å². The summed E-state index contributed by atoms with van der Waals surface area (Å²) >= 11 is 0. The summed E-state index contributed by atoms with van der Waals surface area (Å²) in [6.07, 6.45) is 4.82. The summed E-state index contributed by atoms with van der Waals surface area (Å²) < 4.78 is 0. The fourth-order valence-corrected chi connectivity index (χ4v) is 1.96. The molecule has 21 heavy (non-hydrogen) atoms. The van der Waals surface area contributed by atoms with E-state index >= 15 is 0 Å². The predicted molar refractivity (Wildman–Crippen MR) is 80.2 cm³/mol. The highest BCUT2D eigenvalue weighted by atomic mass is 16.4. The maximum atomic E-state index is 12.2. The summed E-state index contributed by atoms with van der Waals surface area (Å²) in [7, 11) is 0. The lowest BCUT2D eigenvalue weighted by molar-refractivity contribution is -0.137. The highest BCUT2D eigenvalue weighted by Gasteiger charge is 2.16. The molecule has 2 amide bonds. The molecule has 0 fully saturated rings. The fourth-order valence-electron chi connectivity index (χ4n) is 1.96. The van der Waals surface area contributed by atoms with E-state index in [0.717, 1.165) is 15.7 Å². The van der Waals surface area contributed by atoms with Crippen molar-refractivity contribution in [1.29, 1.82) is 0 Å². The summed E-state index contributed by atoms with van der Waals surface area (Å²) in [5, 5.41) is 13.3. The highest BCUT2D eigenvalue weighted by molar-refractivity contribution is 6.01. The average molecular weight is 285 g/mol. The number of hydrogen-bond acceptors (Lipinski definition) is 3. The van der Waals surface area contributed by atoms with Gasteiger partial charge in [0.25, 0.3) is 0 Å². The zero-order chi connectivity index (χ0) is 15.2. The summed E-state index contributed by atoms with van der Waals surface area (Å²) in [6, 6.07) is 6.75. The molecule has 1 aromatic heterocycles. The molecule has 0 atom stereocenters. The molecule has 6 nitrogen and oxygen atoms in total. The van der Waals surface area contributed by atoms with Crippen LogP contribution in [0.1, 0.15) is 0 Å². The number of fused-ring (bicyclic) bond motifs is 1. The van der Waals surface area contributed by atoms with Crippen LogP contribution in [-0.4, -0.2) is 40.1 Å². The van der Waals surface area contributed by atoms with Crippen molar-refractivity contribution in [2.45, 2.75) is 0 Å². The lowest BCUT2D eigenvalue weighted by atomic mass is 10.1. The molecule has 0 aliphatic heterocycles. The van der Waals surface area contributed by atoms with E-state index in [9.17, 15) is 9.59 Å². The normalized spacial score (nSPS) is 10.1. The van der Waals surface area contributed by atoms with Gasteiger partial charge >= 0.3 is 12.0 Å². The number of pyridine rings is 1. The molecule has 2 aromatic rings. The summed E-state index contributed by atoms with van der Waals surface area (Å²) in [5.74, 6) is -1.07. The molecule has 0 aliphatic rings. The molecular weight excluding hydrogens is 270 g/mol. The monoisotopic (exact) mass is 285 g/mol. The topological polar surface area (TPSA) is 82.5 Å². The first-order valence-corrected chi connectivity index (χ1v) is 6.33. The number of nitrogens with one attached hydrogen (secondary N) is 1. The Kier molecular flexibility index (Phi) is 4.50. The van der Waals surface area contributed by atoms with E-state index in [1.54, 1.807) is 30.6 Å². The molecular formula is C15H15N3O3. The lowest BCUT2D eigenvalue weighted by Crippen LogP contribution is -2.38. The SMILES string of the molecule is C=CCN(CC(=O)O)C(=O)Nc1cccc2cnccc12. The van der Waals surface area contributed by atoms with E-state index in [-0.39, 0.29) is 13.1 Å². The van der Waals surface area contributed by atoms with Gasteiger partial charge in [-0.05, 0) is 12.1 Å². The number of aliphatic carboxylic acids is 1. The first-order chi connectivity index (χ1) is 10.1. The maximum Gasteiger partial charge on any atom is 0.323 e. The van der Waals surface area contributed by atoms with E-state index in [1.165, 1.54) is 6.08 Å². The Balaban J connectivity index is 2.23. The number of amides is 2. The predicted octanol–water partition coefficient (Wildman–Crippen LogP) is 2.34. The third kappa shape index (κ3) is 3.56. The molecule has 2 rings (SSSR count). The van der Waals surface area contributed by atoms with Gasteiger partial charge < -0.3 is 15.3 Å². The quantitative estimate of drug-likeness (QED) is 0.826. The third-order valence-corrected chi connectivity index (χ3v) is 2.89. The van der Waals surface area contributed by atoms with Crippen molar-refractivity contribution in [2.24, 2.45) is 0 Å². The molecule has 0 radical (unpaired) electrons. The number of carboxylic acid groups (broad SMARTS) is 1. The minimum atomic E-state index is -1.07. The minimum absolute atomic E-state index is 0.157. The van der Waals surface area contributed by atoms with Crippen LogP contribution < -0.4 is 5.32 Å². The molecule has 0 spiro atoms. The molecule has 1 aromatic carbocycles. The van der Waals surface area contributed by atoms with E-state index in [0.29, 0.717) is 5.69 Å². The van der Waals surface area contributed by atoms with Crippen LogP contribution in [0.2, 0.25) is 0 Å². The Bertz CT molecular complexity index is 679. The third-order valence-electron chi connectivity index (χ3n) is 2.89. The van der Waals surface area contributed by atoms with Crippen LogP contribution >= 0.6 is 0 Å². The Morgan fingerprint density at radius 1 is 1.38 bits per heavy atom. The first-order valence-electron chi connectivity index (χ1n) is 6.33. The maximum absolute atomic E-state index is 12.2. The van der Waals surface area contributed by atoms with Crippen LogP contribution in [0, 0.1) is 0 Å². The van der Waals surface area contributed by atoms with Crippen LogP contribution in [-0.2, 0) is 4.79 Å². The van der Waals surface area contributed by atoms with Crippen molar-refractivity contribution < 1.29 is 14.7 Å². The second kappa shape index (κ2) is 6.51. The zero-order valence-electron chi connectivity index (χ0n) is 11.3. The van der Waals surface area contributed by atoms with Gasteiger partial charge in [-0.25, -0.2) is 4.79 Å². The number of hydrogen-bond donors (Lipinski definition) is 2. The Hall–Kier alpha value is -2.89. The van der Waals surface area contributed by atoms with E-state index in [1.807, 2.05) is 6.07 Å². The molecule has 108 valence electrons. The van der Waals surface area contributed by atoms with Gasteiger partial charge in [0.05, 0.1) is 5.69 Å². The van der Waals surface area contributed by atoms with Crippen molar-refractivity contribution in [2.75, 3.05) is 18.4 Å². The molecule has 0 aliphatic carbocycles. The van der Waals surface area contributed by atoms with Crippen LogP contribution in [0.5, 0.6) is 0 Å². The second-order valence-corrected chi connectivity index (χ2v) is 4.40. The summed E-state index contributed by atoms with van der Waals surface area (Å²) in [4.78, 5) is 28.1. The number of anilines is 1. The van der Waals surface area contributed by atoms with Gasteiger partial charge in [0.1, 0.15) is 6.54 Å². The fraction of sp³-hybridized carbons (Fsp3) is 0.133. The number of benzene rings is 1. The molecule has 0 bridgehead atoms. The highest BCUT2D eigenvalue weighted by Crippen LogP contribution is 2.22. The standard InChI is InChI=1S/C15H15N3O3/c1-2-8-18(10-14(19)20)15(21)17-13-5-3-4-11-9-16-7-6-12(11)13/h2-7,9H,1,8,10H2,(H,17,21)(H,19,20). The van der Waals surface area contributed by atoms with Gasteiger partial charge in [0, 0.05) is 29.7 Å². The summed E-state index contributed by atoms with van der Waals surface area (Å²) in [6.45, 7) is 3.30. The van der Waals surface area contributed by atoms with Crippen LogP contribution in [0.15, 0.2) is 49.3 Å². The number of rotatable bonds is 5. The number of carbonyl (C=O) groups is 2. The smallest absolute Gasteiger partial charge is 0.323 e. The van der Waals surface area contributed by atoms with Crippen molar-refractivity contribution in [3.63, 3.8) is 0 Å². The second-order valence-electron chi connectivity index (χ2n) is 4.40. The zero-order valence-corrected chi connectivity index (χ0v) is 11.3. The number of aromatic nitrogens is 1. The summed E-state index contributed by atoms with van der Waals surface area (Å²) in [5.41, 5.74) is 0.611. The van der Waals surface area contributed by atoms with Gasteiger partial charge in [0.15, 0.2) is 0 Å². The van der Waals surface area contributed by atoms with Crippen LogP contribution in [0.3, 0.4) is 0 Å². The number of nitrogens with zero attached hydrogens (tertiary/aromatic N) is 2. The number of carboxylic acids is 1. The van der Waals surface area contributed by atoms with E-state index in [2.05, 4.69) is 16.9 Å². The Labute approximate surface area is 121 Å². The Morgan fingerprint density at radius 2 is 2.19 bits per heavy atom. The lowest BCUT2D eigenvalue weighted by Gasteiger charge is -2.20. The molecule has 2 N–H and O–H groups in total. The largest absolute Gasteiger partial charge is 0.480 e. The molecule has 0 unspecified atom stereocenters. The molecule has 0 saturated heterocycles. The van der Waals surface area contributed by atoms with E-state index < -0.39 is 12.0 Å². The van der Waals surface area contributed by atoms with Crippen molar-refractivity contribution in [3.8, 4) is 0 Å². The van der Waals surface area contributed by atoms with E-state index in [4.69, 9.17) is 5.11 Å².